The van der Waals surface area contributed by atoms with Crippen LogP contribution in [0.5, 0.6) is 0 Å². The summed E-state index contributed by atoms with van der Waals surface area (Å²) in [6.07, 6.45) is 2.07. The molecule has 0 amide bonds. The number of carbonyl (C=O) groups excluding carboxylic acids is 1. The highest BCUT2D eigenvalue weighted by Crippen LogP contribution is 2.20. The van der Waals surface area contributed by atoms with Gasteiger partial charge in [0.1, 0.15) is 12.3 Å². The number of fused-ring (bicyclic) bond motifs is 1. The zero-order valence-corrected chi connectivity index (χ0v) is 11.8. The van der Waals surface area contributed by atoms with Crippen molar-refractivity contribution >= 4 is 5.78 Å². The minimum atomic E-state index is -0.125. The molecule has 21 heavy (non-hydrogen) atoms. The van der Waals surface area contributed by atoms with E-state index < -0.39 is 0 Å². The fourth-order valence-electron chi connectivity index (χ4n) is 2.67. The number of ketones is 1. The van der Waals surface area contributed by atoms with Crippen LogP contribution in [0.1, 0.15) is 40.3 Å². The van der Waals surface area contributed by atoms with Crippen molar-refractivity contribution in [3.8, 4) is 0 Å². The second kappa shape index (κ2) is 5.65. The first-order chi connectivity index (χ1) is 10.2. The van der Waals surface area contributed by atoms with Crippen molar-refractivity contribution in [1.29, 1.82) is 0 Å². The Hall–Kier alpha value is -2.21. The molecule has 0 aromatic carbocycles. The first kappa shape index (κ1) is 13.8. The van der Waals surface area contributed by atoms with Crippen LogP contribution in [0.2, 0.25) is 0 Å². The summed E-state index contributed by atoms with van der Waals surface area (Å²) < 4.78 is 11.7. The van der Waals surface area contributed by atoms with Crippen LogP contribution in [-0.2, 0) is 24.3 Å². The summed E-state index contributed by atoms with van der Waals surface area (Å²) in [5.41, 5.74) is 1.98. The van der Waals surface area contributed by atoms with Gasteiger partial charge in [0.15, 0.2) is 11.5 Å². The monoisotopic (exact) mass is 288 g/mol. The standard InChI is InChI=1S/C15H16N2O4/c1-20-9-11-7-10(16-21-11)8-17-13-3-2-4-14(18)12(13)5-6-15(17)19/h5-7H,2-4,8-9H2,1H3. The Bertz CT molecular complexity index is 730. The Kier molecular flexibility index (Phi) is 3.70. The van der Waals surface area contributed by atoms with E-state index >= 15 is 0 Å². The molecule has 0 saturated carbocycles. The molecule has 0 aliphatic heterocycles. The fraction of sp³-hybridized carbons (Fsp3) is 0.400. The van der Waals surface area contributed by atoms with Gasteiger partial charge in [-0.05, 0) is 18.9 Å². The summed E-state index contributed by atoms with van der Waals surface area (Å²) in [7, 11) is 1.58. The quantitative estimate of drug-likeness (QED) is 0.853. The van der Waals surface area contributed by atoms with Gasteiger partial charge in [0.05, 0.1) is 6.54 Å². The number of carbonyl (C=O) groups is 1. The Morgan fingerprint density at radius 1 is 1.33 bits per heavy atom. The van der Waals surface area contributed by atoms with Crippen LogP contribution < -0.4 is 5.56 Å². The van der Waals surface area contributed by atoms with Crippen LogP contribution in [-0.4, -0.2) is 22.6 Å². The molecular weight excluding hydrogens is 272 g/mol. The molecule has 2 heterocycles. The molecule has 0 unspecified atom stereocenters. The van der Waals surface area contributed by atoms with Gasteiger partial charge in [0, 0.05) is 36.9 Å². The van der Waals surface area contributed by atoms with E-state index in [1.54, 1.807) is 23.8 Å². The molecule has 2 aromatic rings. The van der Waals surface area contributed by atoms with Crippen molar-refractivity contribution in [3.63, 3.8) is 0 Å². The molecule has 3 rings (SSSR count). The van der Waals surface area contributed by atoms with Gasteiger partial charge in [-0.15, -0.1) is 0 Å². The highest BCUT2D eigenvalue weighted by atomic mass is 16.5. The van der Waals surface area contributed by atoms with E-state index in [9.17, 15) is 9.59 Å². The van der Waals surface area contributed by atoms with E-state index in [1.807, 2.05) is 0 Å². The maximum Gasteiger partial charge on any atom is 0.251 e. The van der Waals surface area contributed by atoms with Crippen LogP contribution in [0.4, 0.5) is 0 Å². The van der Waals surface area contributed by atoms with Crippen LogP contribution in [0.25, 0.3) is 0 Å². The lowest BCUT2D eigenvalue weighted by Gasteiger charge is -2.19. The minimum Gasteiger partial charge on any atom is -0.377 e. The molecular formula is C15H16N2O4. The number of aromatic nitrogens is 2. The number of methoxy groups -OCH3 is 1. The second-order valence-corrected chi connectivity index (χ2v) is 5.11. The van der Waals surface area contributed by atoms with Gasteiger partial charge < -0.3 is 13.8 Å². The minimum absolute atomic E-state index is 0.102. The van der Waals surface area contributed by atoms with Gasteiger partial charge >= 0.3 is 0 Å². The first-order valence-electron chi connectivity index (χ1n) is 6.88. The van der Waals surface area contributed by atoms with Crippen molar-refractivity contribution in [2.45, 2.75) is 32.4 Å². The third-order valence-corrected chi connectivity index (χ3v) is 3.63. The van der Waals surface area contributed by atoms with Crippen molar-refractivity contribution in [2.24, 2.45) is 0 Å². The average Bonchev–Trinajstić information content (AvgIpc) is 2.90. The molecule has 110 valence electrons. The zero-order chi connectivity index (χ0) is 14.8. The lowest BCUT2D eigenvalue weighted by atomic mass is 9.94. The van der Waals surface area contributed by atoms with Crippen molar-refractivity contribution in [2.75, 3.05) is 7.11 Å². The van der Waals surface area contributed by atoms with E-state index in [-0.39, 0.29) is 11.3 Å². The van der Waals surface area contributed by atoms with Gasteiger partial charge in [0.2, 0.25) is 0 Å². The number of hydrogen-bond donors (Lipinski definition) is 0. The van der Waals surface area contributed by atoms with E-state index in [2.05, 4.69) is 5.16 Å². The van der Waals surface area contributed by atoms with Crippen LogP contribution in [0.3, 0.4) is 0 Å². The molecule has 2 aromatic heterocycles. The summed E-state index contributed by atoms with van der Waals surface area (Å²) >= 11 is 0. The van der Waals surface area contributed by atoms with E-state index in [0.29, 0.717) is 36.6 Å². The Balaban J connectivity index is 1.96. The lowest BCUT2D eigenvalue weighted by molar-refractivity contribution is 0.0970. The Morgan fingerprint density at radius 3 is 3.00 bits per heavy atom. The largest absolute Gasteiger partial charge is 0.377 e. The second-order valence-electron chi connectivity index (χ2n) is 5.11. The summed E-state index contributed by atoms with van der Waals surface area (Å²) in [4.78, 5) is 24.0. The molecule has 0 bridgehead atoms. The third-order valence-electron chi connectivity index (χ3n) is 3.63. The molecule has 0 fully saturated rings. The molecule has 0 N–H and O–H groups in total. The molecule has 0 radical (unpaired) electrons. The third kappa shape index (κ3) is 2.67. The smallest absolute Gasteiger partial charge is 0.251 e. The molecule has 6 nitrogen and oxygen atoms in total. The summed E-state index contributed by atoms with van der Waals surface area (Å²) in [6, 6.07) is 4.84. The molecule has 1 aliphatic rings. The van der Waals surface area contributed by atoms with Crippen LogP contribution >= 0.6 is 0 Å². The molecule has 1 aliphatic carbocycles. The predicted octanol–water partition coefficient (Wildman–Crippen LogP) is 1.55. The van der Waals surface area contributed by atoms with Crippen molar-refractivity contribution in [3.05, 3.63) is 51.3 Å². The van der Waals surface area contributed by atoms with Gasteiger partial charge in [-0.2, -0.15) is 0 Å². The number of hydrogen-bond acceptors (Lipinski definition) is 5. The maximum atomic E-state index is 12.1. The van der Waals surface area contributed by atoms with Crippen molar-refractivity contribution < 1.29 is 14.1 Å². The average molecular weight is 288 g/mol. The Morgan fingerprint density at radius 2 is 2.19 bits per heavy atom. The molecule has 0 saturated heterocycles. The number of rotatable bonds is 4. The van der Waals surface area contributed by atoms with Gasteiger partial charge in [-0.25, -0.2) is 0 Å². The summed E-state index contributed by atoms with van der Waals surface area (Å²) in [5.74, 6) is 0.714. The molecule has 0 atom stereocenters. The van der Waals surface area contributed by atoms with Crippen LogP contribution in [0, 0.1) is 0 Å². The highest BCUT2D eigenvalue weighted by molar-refractivity contribution is 5.97. The van der Waals surface area contributed by atoms with Crippen LogP contribution in [0.15, 0.2) is 27.5 Å². The normalized spacial score (nSPS) is 14.2. The first-order valence-corrected chi connectivity index (χ1v) is 6.88. The van der Waals surface area contributed by atoms with E-state index in [0.717, 1.165) is 18.5 Å². The van der Waals surface area contributed by atoms with Gasteiger partial charge in [-0.3, -0.25) is 9.59 Å². The summed E-state index contributed by atoms with van der Waals surface area (Å²) in [5, 5.41) is 3.94. The SMILES string of the molecule is COCc1cc(Cn2c3c(ccc2=O)C(=O)CCC3)no1. The topological polar surface area (TPSA) is 74.3 Å². The number of ether oxygens (including phenoxy) is 1. The predicted molar refractivity (Wildman–Crippen MR) is 74.3 cm³/mol. The van der Waals surface area contributed by atoms with E-state index in [4.69, 9.17) is 9.26 Å². The zero-order valence-electron chi connectivity index (χ0n) is 11.8. The van der Waals surface area contributed by atoms with Gasteiger partial charge in [0.25, 0.3) is 5.56 Å². The summed E-state index contributed by atoms with van der Waals surface area (Å²) in [6.45, 7) is 0.649. The van der Waals surface area contributed by atoms with E-state index in [1.165, 1.54) is 6.07 Å². The van der Waals surface area contributed by atoms with Crippen molar-refractivity contribution in [1.82, 2.24) is 9.72 Å². The number of nitrogens with zero attached hydrogens (tertiary/aromatic N) is 2. The number of Topliss-reactive ketones (excluding diaryl/α,β-unsaturated/α-hetero) is 1. The molecule has 6 heteroatoms. The highest BCUT2D eigenvalue weighted by Gasteiger charge is 2.21. The van der Waals surface area contributed by atoms with Gasteiger partial charge in [-0.1, -0.05) is 5.16 Å². The molecule has 0 spiro atoms. The lowest BCUT2D eigenvalue weighted by Crippen LogP contribution is -2.28. The number of pyridine rings is 1. The Labute approximate surface area is 121 Å². The fourth-order valence-corrected chi connectivity index (χ4v) is 2.67. The maximum absolute atomic E-state index is 12.1.